The highest BCUT2D eigenvalue weighted by Gasteiger charge is 2.46. The van der Waals surface area contributed by atoms with Gasteiger partial charge in [0.05, 0.1) is 5.41 Å². The van der Waals surface area contributed by atoms with E-state index in [1.165, 1.54) is 66.4 Å². The largest absolute Gasteiger partial charge is 0.355 e. The highest BCUT2D eigenvalue weighted by Crippen LogP contribution is 2.58. The molecule has 226 valence electrons. The third-order valence-corrected chi connectivity index (χ3v) is 9.97. The minimum absolute atomic E-state index is 0.409. The molecular formula is C47H33N. The molecule has 8 aromatic carbocycles. The minimum atomic E-state index is -0.409. The smallest absolute Gasteiger partial charge is 0.0714 e. The summed E-state index contributed by atoms with van der Waals surface area (Å²) in [5, 5.41) is 6.36. The molecule has 0 bridgehead atoms. The maximum atomic E-state index is 3.81. The number of hydrogen-bond donors (Lipinski definition) is 1. The molecule has 48 heavy (non-hydrogen) atoms. The van der Waals surface area contributed by atoms with Gasteiger partial charge >= 0.3 is 0 Å². The lowest BCUT2D eigenvalue weighted by Gasteiger charge is -2.33. The van der Waals surface area contributed by atoms with Gasteiger partial charge in [-0.2, -0.15) is 0 Å². The lowest BCUT2D eigenvalue weighted by Crippen LogP contribution is -2.28. The molecule has 0 fully saturated rings. The van der Waals surface area contributed by atoms with Gasteiger partial charge in [-0.15, -0.1) is 0 Å². The Balaban J connectivity index is 1.07. The summed E-state index contributed by atoms with van der Waals surface area (Å²) in [6.45, 7) is 0. The van der Waals surface area contributed by atoms with Crippen molar-refractivity contribution in [1.29, 1.82) is 0 Å². The standard InChI is InChI=1S/C47H33N/c1-3-15-37(16-4-1)47(38-17-5-2-6-18-38)43-22-10-9-20-42(43)46-44(47)23-12-24-45(46)48-39-31-29-34(30-32-39)33-25-27-36(28-26-33)41-21-11-14-35-13-7-8-19-40(35)41/h1-32,48H. The Bertz CT molecular complexity index is 2340. The van der Waals surface area contributed by atoms with E-state index in [9.17, 15) is 0 Å². The molecule has 1 nitrogen and oxygen atoms in total. The summed E-state index contributed by atoms with van der Waals surface area (Å²) in [5.41, 5.74) is 14.3. The van der Waals surface area contributed by atoms with E-state index in [-0.39, 0.29) is 0 Å². The molecule has 0 radical (unpaired) electrons. The Kier molecular flexibility index (Phi) is 6.76. The zero-order valence-electron chi connectivity index (χ0n) is 26.5. The zero-order chi connectivity index (χ0) is 31.9. The van der Waals surface area contributed by atoms with Gasteiger partial charge in [0, 0.05) is 16.9 Å². The lowest BCUT2D eigenvalue weighted by molar-refractivity contribution is 0.768. The Morgan fingerprint density at radius 3 is 1.60 bits per heavy atom. The van der Waals surface area contributed by atoms with Crippen LogP contribution in [0.4, 0.5) is 11.4 Å². The topological polar surface area (TPSA) is 12.0 Å². The highest BCUT2D eigenvalue weighted by molar-refractivity contribution is 5.97. The lowest BCUT2D eigenvalue weighted by atomic mass is 9.68. The van der Waals surface area contributed by atoms with E-state index in [1.54, 1.807) is 0 Å². The fourth-order valence-corrected chi connectivity index (χ4v) is 7.82. The summed E-state index contributed by atoms with van der Waals surface area (Å²) in [5.74, 6) is 0. The van der Waals surface area contributed by atoms with Crippen molar-refractivity contribution in [2.75, 3.05) is 5.32 Å². The van der Waals surface area contributed by atoms with Crippen molar-refractivity contribution in [1.82, 2.24) is 0 Å². The Hall–Kier alpha value is -6.18. The normalized spacial score (nSPS) is 12.8. The first kappa shape index (κ1) is 28.1. The van der Waals surface area contributed by atoms with Crippen molar-refractivity contribution >= 4 is 22.1 Å². The van der Waals surface area contributed by atoms with Gasteiger partial charge in [0.1, 0.15) is 0 Å². The Morgan fingerprint density at radius 1 is 0.354 bits per heavy atom. The molecule has 8 aromatic rings. The van der Waals surface area contributed by atoms with Crippen molar-refractivity contribution < 1.29 is 0 Å². The number of fused-ring (bicyclic) bond motifs is 4. The molecule has 0 saturated carbocycles. The highest BCUT2D eigenvalue weighted by atomic mass is 14.9. The second-order valence-corrected chi connectivity index (χ2v) is 12.6. The molecule has 1 aliphatic rings. The van der Waals surface area contributed by atoms with Crippen LogP contribution in [-0.4, -0.2) is 0 Å². The molecule has 0 aromatic heterocycles. The summed E-state index contributed by atoms with van der Waals surface area (Å²) in [6, 6.07) is 70.4. The van der Waals surface area contributed by atoms with E-state index in [1.807, 2.05) is 0 Å². The van der Waals surface area contributed by atoms with Crippen LogP contribution in [0.1, 0.15) is 22.3 Å². The summed E-state index contributed by atoms with van der Waals surface area (Å²) in [7, 11) is 0. The molecule has 0 atom stereocenters. The molecule has 0 saturated heterocycles. The molecular weight excluding hydrogens is 579 g/mol. The predicted octanol–water partition coefficient (Wildman–Crippen LogP) is 12.3. The average Bonchev–Trinajstić information content (AvgIpc) is 3.48. The van der Waals surface area contributed by atoms with Crippen LogP contribution in [-0.2, 0) is 5.41 Å². The van der Waals surface area contributed by atoms with Gasteiger partial charge in [0.2, 0.25) is 0 Å². The van der Waals surface area contributed by atoms with Crippen molar-refractivity contribution in [3.63, 3.8) is 0 Å². The number of rotatable bonds is 6. The first-order chi connectivity index (χ1) is 23.8. The van der Waals surface area contributed by atoms with E-state index < -0.39 is 5.41 Å². The van der Waals surface area contributed by atoms with Crippen LogP contribution >= 0.6 is 0 Å². The van der Waals surface area contributed by atoms with Crippen LogP contribution in [0, 0.1) is 0 Å². The van der Waals surface area contributed by atoms with Crippen LogP contribution in [0.3, 0.4) is 0 Å². The van der Waals surface area contributed by atoms with Crippen LogP contribution in [0.5, 0.6) is 0 Å². The number of hydrogen-bond acceptors (Lipinski definition) is 1. The van der Waals surface area contributed by atoms with Gasteiger partial charge < -0.3 is 5.32 Å². The molecule has 0 spiro atoms. The number of benzene rings is 8. The molecule has 0 unspecified atom stereocenters. The van der Waals surface area contributed by atoms with Crippen LogP contribution in [0.25, 0.3) is 44.2 Å². The SMILES string of the molecule is c1ccc(C2(c3ccccc3)c3ccccc3-c3c(Nc4ccc(-c5ccc(-c6cccc7ccccc67)cc5)cc4)cccc32)cc1. The van der Waals surface area contributed by atoms with E-state index >= 15 is 0 Å². The van der Waals surface area contributed by atoms with E-state index in [0.29, 0.717) is 0 Å². The monoisotopic (exact) mass is 611 g/mol. The molecule has 1 aliphatic carbocycles. The van der Waals surface area contributed by atoms with E-state index in [0.717, 1.165) is 11.4 Å². The molecule has 1 heteroatoms. The van der Waals surface area contributed by atoms with E-state index in [2.05, 4.69) is 199 Å². The Labute approximate surface area is 281 Å². The quantitative estimate of drug-likeness (QED) is 0.197. The molecule has 1 N–H and O–H groups in total. The van der Waals surface area contributed by atoms with Crippen LogP contribution in [0.2, 0.25) is 0 Å². The second-order valence-electron chi connectivity index (χ2n) is 12.6. The van der Waals surface area contributed by atoms with Crippen LogP contribution < -0.4 is 5.32 Å². The van der Waals surface area contributed by atoms with Crippen molar-refractivity contribution in [3.05, 3.63) is 216 Å². The molecule has 0 aliphatic heterocycles. The third kappa shape index (κ3) is 4.47. The maximum absolute atomic E-state index is 3.81. The zero-order valence-corrected chi connectivity index (χ0v) is 26.5. The first-order valence-corrected chi connectivity index (χ1v) is 16.6. The predicted molar refractivity (Wildman–Crippen MR) is 202 cm³/mol. The second kappa shape index (κ2) is 11.6. The first-order valence-electron chi connectivity index (χ1n) is 16.6. The van der Waals surface area contributed by atoms with Gasteiger partial charge in [-0.1, -0.05) is 176 Å². The summed E-state index contributed by atoms with van der Waals surface area (Å²) < 4.78 is 0. The molecule has 0 amide bonds. The van der Waals surface area contributed by atoms with E-state index in [4.69, 9.17) is 0 Å². The fraction of sp³-hybridized carbons (Fsp3) is 0.0213. The van der Waals surface area contributed by atoms with Crippen molar-refractivity contribution in [2.24, 2.45) is 0 Å². The van der Waals surface area contributed by atoms with Crippen LogP contribution in [0.15, 0.2) is 194 Å². The Morgan fingerprint density at radius 2 is 0.875 bits per heavy atom. The third-order valence-electron chi connectivity index (χ3n) is 9.97. The maximum Gasteiger partial charge on any atom is 0.0714 e. The number of anilines is 2. The summed E-state index contributed by atoms with van der Waals surface area (Å²) in [4.78, 5) is 0. The van der Waals surface area contributed by atoms with Gasteiger partial charge in [-0.05, 0) is 79.0 Å². The van der Waals surface area contributed by atoms with Gasteiger partial charge in [0.15, 0.2) is 0 Å². The van der Waals surface area contributed by atoms with Crippen molar-refractivity contribution in [3.8, 4) is 33.4 Å². The minimum Gasteiger partial charge on any atom is -0.355 e. The molecule has 9 rings (SSSR count). The number of nitrogens with one attached hydrogen (secondary N) is 1. The summed E-state index contributed by atoms with van der Waals surface area (Å²) in [6.07, 6.45) is 0. The van der Waals surface area contributed by atoms with Gasteiger partial charge in [0.25, 0.3) is 0 Å². The van der Waals surface area contributed by atoms with Crippen molar-refractivity contribution in [2.45, 2.75) is 5.41 Å². The summed E-state index contributed by atoms with van der Waals surface area (Å²) >= 11 is 0. The van der Waals surface area contributed by atoms with Gasteiger partial charge in [-0.25, -0.2) is 0 Å². The fourth-order valence-electron chi connectivity index (χ4n) is 7.82. The molecule has 0 heterocycles. The average molecular weight is 612 g/mol. The van der Waals surface area contributed by atoms with Gasteiger partial charge in [-0.3, -0.25) is 0 Å².